The van der Waals surface area contributed by atoms with E-state index in [1.54, 1.807) is 30.3 Å². The van der Waals surface area contributed by atoms with Crippen molar-refractivity contribution in [2.45, 2.75) is 18.8 Å². The highest BCUT2D eigenvalue weighted by atomic mass is 79.9. The molecule has 1 unspecified atom stereocenters. The summed E-state index contributed by atoms with van der Waals surface area (Å²) >= 11 is 9.98. The molecule has 4 aromatic carbocycles. The first-order chi connectivity index (χ1) is 19.9. The van der Waals surface area contributed by atoms with Gasteiger partial charge < -0.3 is 14.6 Å². The first kappa shape index (κ1) is 28.2. The highest BCUT2D eigenvalue weighted by molar-refractivity contribution is 9.10. The third kappa shape index (κ3) is 4.90. The number of H-pyrrole nitrogens is 1. The van der Waals surface area contributed by atoms with E-state index < -0.39 is 29.4 Å². The lowest BCUT2D eigenvalue weighted by Crippen LogP contribution is -2.28. The summed E-state index contributed by atoms with van der Waals surface area (Å²) in [6.07, 6.45) is -4.78. The SMILES string of the molecule is COc1ccc(CN2C(=O)c3cc(Br)c4nc(-c5cc(F)cc(C(F)(F)F)c5)[nH]c4c3C2c2cc(F)ccc2Cl)cc1. The fourth-order valence-corrected chi connectivity index (χ4v) is 5.94. The number of carbonyl (C=O) groups is 1. The van der Waals surface area contributed by atoms with Crippen molar-refractivity contribution in [2.24, 2.45) is 0 Å². The van der Waals surface area contributed by atoms with Crippen molar-refractivity contribution < 1.29 is 31.5 Å². The lowest BCUT2D eigenvalue weighted by Gasteiger charge is -2.27. The second kappa shape index (κ2) is 10.4. The zero-order valence-corrected chi connectivity index (χ0v) is 23.8. The zero-order chi connectivity index (χ0) is 29.9. The smallest absolute Gasteiger partial charge is 0.416 e. The van der Waals surface area contributed by atoms with Gasteiger partial charge in [-0.3, -0.25) is 4.79 Å². The molecule has 0 aliphatic carbocycles. The Morgan fingerprint density at radius 3 is 2.45 bits per heavy atom. The van der Waals surface area contributed by atoms with Crippen LogP contribution in [0.5, 0.6) is 5.75 Å². The molecular formula is C30H18BrClF5N3O2. The van der Waals surface area contributed by atoms with E-state index in [9.17, 15) is 26.7 Å². The molecule has 1 N–H and O–H groups in total. The first-order valence-corrected chi connectivity index (χ1v) is 13.6. The number of hydrogen-bond donors (Lipinski definition) is 1. The van der Waals surface area contributed by atoms with E-state index in [1.165, 1.54) is 30.2 Å². The van der Waals surface area contributed by atoms with Crippen LogP contribution < -0.4 is 4.74 Å². The van der Waals surface area contributed by atoms with Crippen LogP contribution in [-0.2, 0) is 12.7 Å². The van der Waals surface area contributed by atoms with Crippen molar-refractivity contribution in [3.05, 3.63) is 116 Å². The molecule has 0 saturated heterocycles. The molecule has 0 fully saturated rings. The third-order valence-electron chi connectivity index (χ3n) is 7.10. The third-order valence-corrected chi connectivity index (χ3v) is 8.05. The second-order valence-electron chi connectivity index (χ2n) is 9.70. The first-order valence-electron chi connectivity index (χ1n) is 12.4. The van der Waals surface area contributed by atoms with Gasteiger partial charge in [-0.1, -0.05) is 23.7 Å². The number of aromatic amines is 1. The maximum absolute atomic E-state index is 14.6. The lowest BCUT2D eigenvalue weighted by molar-refractivity contribution is -0.137. The van der Waals surface area contributed by atoms with Gasteiger partial charge in [-0.25, -0.2) is 13.8 Å². The minimum absolute atomic E-state index is 0.0470. The Labute approximate surface area is 249 Å². The summed E-state index contributed by atoms with van der Waals surface area (Å²) in [4.78, 5) is 22.9. The number of carbonyl (C=O) groups excluding carboxylic acids is 1. The second-order valence-corrected chi connectivity index (χ2v) is 11.0. The van der Waals surface area contributed by atoms with Crippen molar-refractivity contribution in [1.29, 1.82) is 0 Å². The van der Waals surface area contributed by atoms with Gasteiger partial charge in [-0.05, 0) is 76.1 Å². The number of ether oxygens (including phenoxy) is 1. The number of benzene rings is 4. The molecule has 1 amide bonds. The molecule has 0 bridgehead atoms. The number of methoxy groups -OCH3 is 1. The van der Waals surface area contributed by atoms with Gasteiger partial charge in [-0.15, -0.1) is 0 Å². The topological polar surface area (TPSA) is 58.2 Å². The Morgan fingerprint density at radius 2 is 1.76 bits per heavy atom. The number of nitrogens with one attached hydrogen (secondary N) is 1. The van der Waals surface area contributed by atoms with Crippen molar-refractivity contribution in [1.82, 2.24) is 14.9 Å². The van der Waals surface area contributed by atoms with Gasteiger partial charge in [0, 0.05) is 38.3 Å². The highest BCUT2D eigenvalue weighted by Crippen LogP contribution is 2.47. The number of aromatic nitrogens is 2. The maximum Gasteiger partial charge on any atom is 0.416 e. The number of amides is 1. The summed E-state index contributed by atoms with van der Waals surface area (Å²) < 4.78 is 74.7. The molecule has 214 valence electrons. The standard InChI is InChI=1S/C30H18BrClF5N3O2/c1-42-19-5-2-14(3-6-19)13-40-27(20-11-17(33)4-7-23(20)32)24-21(29(40)41)12-22(31)25-26(24)39-28(38-25)15-8-16(30(35,36)37)10-18(34)9-15/h2-12,27H,13H2,1H3,(H,38,39). The van der Waals surface area contributed by atoms with Gasteiger partial charge >= 0.3 is 6.18 Å². The van der Waals surface area contributed by atoms with Gasteiger partial charge in [0.05, 0.1) is 24.2 Å². The summed E-state index contributed by atoms with van der Waals surface area (Å²) in [5.41, 5.74) is 1.02. The summed E-state index contributed by atoms with van der Waals surface area (Å²) in [6, 6.07) is 13.7. The Balaban J connectivity index is 1.56. The summed E-state index contributed by atoms with van der Waals surface area (Å²) in [7, 11) is 1.53. The number of fused-ring (bicyclic) bond motifs is 3. The molecule has 0 saturated carbocycles. The zero-order valence-electron chi connectivity index (χ0n) is 21.5. The molecule has 1 atom stereocenters. The normalized spacial score (nSPS) is 15.0. The lowest BCUT2D eigenvalue weighted by atomic mass is 9.96. The van der Waals surface area contributed by atoms with Crippen LogP contribution in [0.3, 0.4) is 0 Å². The van der Waals surface area contributed by atoms with Gasteiger partial charge in [-0.2, -0.15) is 13.2 Å². The van der Waals surface area contributed by atoms with Crippen LogP contribution >= 0.6 is 27.5 Å². The number of rotatable bonds is 5. The average molecular weight is 663 g/mol. The molecular weight excluding hydrogens is 645 g/mol. The quantitative estimate of drug-likeness (QED) is 0.192. The van der Waals surface area contributed by atoms with E-state index in [0.717, 1.165) is 17.7 Å². The monoisotopic (exact) mass is 661 g/mol. The van der Waals surface area contributed by atoms with Crippen LogP contribution in [0.2, 0.25) is 5.02 Å². The fraction of sp³-hybridized carbons (Fsp3) is 0.133. The fourth-order valence-electron chi connectivity index (χ4n) is 5.20. The summed E-state index contributed by atoms with van der Waals surface area (Å²) in [5.74, 6) is -1.46. The summed E-state index contributed by atoms with van der Waals surface area (Å²) in [5, 5.41) is 0.206. The van der Waals surface area contributed by atoms with Gasteiger partial charge in [0.25, 0.3) is 5.91 Å². The van der Waals surface area contributed by atoms with Gasteiger partial charge in [0.1, 0.15) is 28.7 Å². The highest BCUT2D eigenvalue weighted by Gasteiger charge is 2.41. The van der Waals surface area contributed by atoms with Crippen molar-refractivity contribution in [3.63, 3.8) is 0 Å². The van der Waals surface area contributed by atoms with Crippen molar-refractivity contribution in [2.75, 3.05) is 7.11 Å². The molecule has 12 heteroatoms. The number of halogens is 7. The van der Waals surface area contributed by atoms with Crippen molar-refractivity contribution >= 4 is 44.5 Å². The average Bonchev–Trinajstić information content (AvgIpc) is 3.51. The van der Waals surface area contributed by atoms with Crippen LogP contribution in [0.1, 0.15) is 38.7 Å². The van der Waals surface area contributed by atoms with Crippen LogP contribution in [-0.4, -0.2) is 27.9 Å². The molecule has 0 radical (unpaired) electrons. The molecule has 42 heavy (non-hydrogen) atoms. The van der Waals surface area contributed by atoms with E-state index in [1.807, 2.05) is 0 Å². The van der Waals surface area contributed by atoms with Crippen LogP contribution in [0.15, 0.2) is 71.2 Å². The Bertz CT molecular complexity index is 1870. The van der Waals surface area contributed by atoms with Crippen LogP contribution in [0, 0.1) is 11.6 Å². The Morgan fingerprint density at radius 1 is 1.02 bits per heavy atom. The van der Waals surface area contributed by atoms with Gasteiger partial charge in [0.15, 0.2) is 0 Å². The van der Waals surface area contributed by atoms with Crippen LogP contribution in [0.25, 0.3) is 22.4 Å². The van der Waals surface area contributed by atoms with Crippen LogP contribution in [0.4, 0.5) is 22.0 Å². The molecule has 2 heterocycles. The maximum atomic E-state index is 14.6. The van der Waals surface area contributed by atoms with E-state index in [2.05, 4.69) is 25.9 Å². The predicted octanol–water partition coefficient (Wildman–Crippen LogP) is 8.70. The van der Waals surface area contributed by atoms with E-state index in [-0.39, 0.29) is 39.9 Å². The minimum atomic E-state index is -4.78. The Hall–Kier alpha value is -3.96. The number of alkyl halides is 3. The molecule has 5 aromatic rings. The molecule has 1 aromatic heterocycles. The number of nitrogens with zero attached hydrogens (tertiary/aromatic N) is 2. The Kier molecular flexibility index (Phi) is 6.97. The molecule has 0 spiro atoms. The predicted molar refractivity (Wildman–Crippen MR) is 150 cm³/mol. The minimum Gasteiger partial charge on any atom is -0.497 e. The summed E-state index contributed by atoms with van der Waals surface area (Å²) in [6.45, 7) is 0.119. The van der Waals surface area contributed by atoms with E-state index in [0.29, 0.717) is 32.9 Å². The van der Waals surface area contributed by atoms with E-state index >= 15 is 0 Å². The molecule has 6 rings (SSSR count). The molecule has 1 aliphatic heterocycles. The molecule has 5 nitrogen and oxygen atoms in total. The van der Waals surface area contributed by atoms with E-state index in [4.69, 9.17) is 16.3 Å². The largest absolute Gasteiger partial charge is 0.497 e. The van der Waals surface area contributed by atoms with Crippen molar-refractivity contribution in [3.8, 4) is 17.1 Å². The van der Waals surface area contributed by atoms with Gasteiger partial charge in [0.2, 0.25) is 0 Å². The number of imidazole rings is 1. The number of hydrogen-bond acceptors (Lipinski definition) is 3. The molecule has 1 aliphatic rings.